The van der Waals surface area contributed by atoms with Crippen molar-refractivity contribution in [2.75, 3.05) is 0 Å². The molecule has 0 atom stereocenters. The van der Waals surface area contributed by atoms with Crippen LogP contribution in [0.3, 0.4) is 0 Å². The van der Waals surface area contributed by atoms with Gasteiger partial charge in [0.15, 0.2) is 0 Å². The molecule has 2 N–H and O–H groups in total. The Morgan fingerprint density at radius 3 is 2.93 bits per heavy atom. The van der Waals surface area contributed by atoms with Crippen molar-refractivity contribution in [3.8, 4) is 0 Å². The normalized spacial score (nSPS) is 10.8. The van der Waals surface area contributed by atoms with E-state index in [1.54, 1.807) is 0 Å². The Bertz CT molecular complexity index is 463. The summed E-state index contributed by atoms with van der Waals surface area (Å²) in [4.78, 5) is 4.30. The molecular weight excluding hydrogens is 184 g/mol. The van der Waals surface area contributed by atoms with Gasteiger partial charge in [-0.25, -0.2) is 0 Å². The lowest BCUT2D eigenvalue weighted by atomic mass is 10.0. The van der Waals surface area contributed by atoms with Gasteiger partial charge in [-0.3, -0.25) is 4.98 Å². The quantitative estimate of drug-likeness (QED) is 0.827. The van der Waals surface area contributed by atoms with E-state index in [0.29, 0.717) is 6.54 Å². The predicted molar refractivity (Wildman–Crippen MR) is 63.6 cm³/mol. The summed E-state index contributed by atoms with van der Waals surface area (Å²) >= 11 is 0. The van der Waals surface area contributed by atoms with Gasteiger partial charge >= 0.3 is 0 Å². The summed E-state index contributed by atoms with van der Waals surface area (Å²) in [6, 6.07) is 8.49. The minimum Gasteiger partial charge on any atom is -0.325 e. The van der Waals surface area contributed by atoms with E-state index in [9.17, 15) is 0 Å². The molecule has 0 bridgehead atoms. The number of rotatable bonds is 3. The molecule has 2 aromatic rings. The van der Waals surface area contributed by atoms with Crippen LogP contribution in [0.15, 0.2) is 30.5 Å². The molecule has 0 fully saturated rings. The van der Waals surface area contributed by atoms with Crippen molar-refractivity contribution >= 4 is 10.8 Å². The van der Waals surface area contributed by atoms with Gasteiger partial charge in [-0.2, -0.15) is 0 Å². The van der Waals surface area contributed by atoms with E-state index < -0.39 is 0 Å². The molecule has 15 heavy (non-hydrogen) atoms. The number of fused-ring (bicyclic) bond motifs is 1. The number of hydrogen-bond acceptors (Lipinski definition) is 2. The van der Waals surface area contributed by atoms with Gasteiger partial charge in [0.1, 0.15) is 0 Å². The smallest absolute Gasteiger partial charge is 0.0545 e. The van der Waals surface area contributed by atoms with Crippen molar-refractivity contribution in [3.05, 3.63) is 41.7 Å². The molecule has 0 unspecified atom stereocenters. The van der Waals surface area contributed by atoms with E-state index in [-0.39, 0.29) is 0 Å². The number of nitrogens with two attached hydrogens (primary N) is 1. The molecule has 0 aliphatic carbocycles. The Balaban J connectivity index is 2.59. The third-order valence-electron chi connectivity index (χ3n) is 2.64. The van der Waals surface area contributed by atoms with E-state index in [4.69, 9.17) is 5.73 Å². The molecule has 78 valence electrons. The third kappa shape index (κ3) is 2.00. The van der Waals surface area contributed by atoms with Crippen LogP contribution in [-0.2, 0) is 13.0 Å². The maximum absolute atomic E-state index is 5.60. The first-order valence-electron chi connectivity index (χ1n) is 5.41. The third-order valence-corrected chi connectivity index (χ3v) is 2.64. The number of aryl methyl sites for hydroxylation is 1. The van der Waals surface area contributed by atoms with E-state index in [1.807, 2.05) is 6.20 Å². The van der Waals surface area contributed by atoms with Crippen molar-refractivity contribution in [3.63, 3.8) is 0 Å². The summed E-state index contributed by atoms with van der Waals surface area (Å²) in [5.74, 6) is 0. The first-order valence-corrected chi connectivity index (χ1v) is 5.41. The first-order chi connectivity index (χ1) is 7.35. The van der Waals surface area contributed by atoms with Crippen LogP contribution in [0, 0.1) is 0 Å². The fourth-order valence-corrected chi connectivity index (χ4v) is 1.88. The standard InChI is InChI=1S/C13H16N2/c1-2-4-10-5-3-6-11-9-15-12(8-14)7-13(10)11/h3,5-7,9H,2,4,8,14H2,1H3. The maximum Gasteiger partial charge on any atom is 0.0545 e. The van der Waals surface area contributed by atoms with Gasteiger partial charge in [-0.05, 0) is 23.4 Å². The SMILES string of the molecule is CCCc1cccc2cnc(CN)cc12. The van der Waals surface area contributed by atoms with Gasteiger partial charge in [0.05, 0.1) is 5.69 Å². The highest BCUT2D eigenvalue weighted by Crippen LogP contribution is 2.20. The van der Waals surface area contributed by atoms with Crippen LogP contribution in [0.4, 0.5) is 0 Å². The van der Waals surface area contributed by atoms with Crippen molar-refractivity contribution in [1.82, 2.24) is 4.98 Å². The van der Waals surface area contributed by atoms with Crippen molar-refractivity contribution in [1.29, 1.82) is 0 Å². The van der Waals surface area contributed by atoms with Crippen molar-refractivity contribution in [2.24, 2.45) is 5.73 Å². The lowest BCUT2D eigenvalue weighted by molar-refractivity contribution is 0.927. The minimum atomic E-state index is 0.510. The second-order valence-electron chi connectivity index (χ2n) is 3.77. The average Bonchev–Trinajstić information content (AvgIpc) is 2.29. The molecule has 2 heteroatoms. The van der Waals surface area contributed by atoms with Gasteiger partial charge in [0.2, 0.25) is 0 Å². The van der Waals surface area contributed by atoms with Crippen molar-refractivity contribution < 1.29 is 0 Å². The van der Waals surface area contributed by atoms with Gasteiger partial charge in [0, 0.05) is 18.1 Å². The largest absolute Gasteiger partial charge is 0.325 e. The number of pyridine rings is 1. The molecule has 1 aromatic carbocycles. The molecule has 0 spiro atoms. The van der Waals surface area contributed by atoms with E-state index in [0.717, 1.165) is 12.1 Å². The molecule has 0 saturated carbocycles. The van der Waals surface area contributed by atoms with Gasteiger partial charge in [0.25, 0.3) is 0 Å². The molecule has 0 saturated heterocycles. The molecular formula is C13H16N2. The topological polar surface area (TPSA) is 38.9 Å². The van der Waals surface area contributed by atoms with Gasteiger partial charge in [-0.15, -0.1) is 0 Å². The second-order valence-corrected chi connectivity index (χ2v) is 3.77. The average molecular weight is 200 g/mol. The molecule has 0 amide bonds. The molecule has 0 radical (unpaired) electrons. The lowest BCUT2D eigenvalue weighted by Crippen LogP contribution is -1.99. The predicted octanol–water partition coefficient (Wildman–Crippen LogP) is 2.65. The van der Waals surface area contributed by atoms with Crippen LogP contribution in [-0.4, -0.2) is 4.98 Å². The molecule has 0 aliphatic rings. The molecule has 2 rings (SSSR count). The maximum atomic E-state index is 5.60. The van der Waals surface area contributed by atoms with Crippen molar-refractivity contribution in [2.45, 2.75) is 26.3 Å². The number of aromatic nitrogens is 1. The highest BCUT2D eigenvalue weighted by Gasteiger charge is 2.01. The second kappa shape index (κ2) is 4.41. The van der Waals surface area contributed by atoms with E-state index in [2.05, 4.69) is 36.2 Å². The zero-order valence-electron chi connectivity index (χ0n) is 9.03. The Morgan fingerprint density at radius 2 is 2.20 bits per heavy atom. The Morgan fingerprint density at radius 1 is 1.33 bits per heavy atom. The fourth-order valence-electron chi connectivity index (χ4n) is 1.88. The molecule has 1 aromatic heterocycles. The number of nitrogens with zero attached hydrogens (tertiary/aromatic N) is 1. The Labute approximate surface area is 90.1 Å². The molecule has 1 heterocycles. The first kappa shape index (κ1) is 10.1. The number of benzene rings is 1. The highest BCUT2D eigenvalue weighted by atomic mass is 14.7. The Hall–Kier alpha value is -1.41. The monoisotopic (exact) mass is 200 g/mol. The zero-order valence-corrected chi connectivity index (χ0v) is 9.03. The summed E-state index contributed by atoms with van der Waals surface area (Å²) in [7, 11) is 0. The minimum absolute atomic E-state index is 0.510. The van der Waals surface area contributed by atoms with Gasteiger partial charge in [-0.1, -0.05) is 31.5 Å². The van der Waals surface area contributed by atoms with Crippen LogP contribution in [0.5, 0.6) is 0 Å². The summed E-state index contributed by atoms with van der Waals surface area (Å²) in [6.07, 6.45) is 4.20. The summed E-state index contributed by atoms with van der Waals surface area (Å²) < 4.78 is 0. The van der Waals surface area contributed by atoms with Crippen LogP contribution in [0.25, 0.3) is 10.8 Å². The van der Waals surface area contributed by atoms with Crippen LogP contribution >= 0.6 is 0 Å². The summed E-state index contributed by atoms with van der Waals surface area (Å²) in [6.45, 7) is 2.71. The Kier molecular flexibility index (Phi) is 2.97. The molecule has 0 aliphatic heterocycles. The van der Waals surface area contributed by atoms with Crippen LogP contribution < -0.4 is 5.73 Å². The summed E-state index contributed by atoms with van der Waals surface area (Å²) in [5, 5.41) is 2.51. The van der Waals surface area contributed by atoms with Crippen LogP contribution in [0.1, 0.15) is 24.6 Å². The number of hydrogen-bond donors (Lipinski definition) is 1. The summed E-state index contributed by atoms with van der Waals surface area (Å²) in [5.41, 5.74) is 7.96. The van der Waals surface area contributed by atoms with E-state index in [1.165, 1.54) is 22.8 Å². The molecule has 2 nitrogen and oxygen atoms in total. The zero-order chi connectivity index (χ0) is 10.7. The fraction of sp³-hybridized carbons (Fsp3) is 0.308. The lowest BCUT2D eigenvalue weighted by Gasteiger charge is -2.06. The van der Waals surface area contributed by atoms with E-state index >= 15 is 0 Å². The van der Waals surface area contributed by atoms with Gasteiger partial charge < -0.3 is 5.73 Å². The van der Waals surface area contributed by atoms with Crippen LogP contribution in [0.2, 0.25) is 0 Å². The highest BCUT2D eigenvalue weighted by molar-refractivity contribution is 5.85.